The van der Waals surface area contributed by atoms with Crippen LogP contribution in [-0.2, 0) is 0 Å². The van der Waals surface area contributed by atoms with Crippen LogP contribution in [0.25, 0.3) is 0 Å². The van der Waals surface area contributed by atoms with Crippen molar-refractivity contribution in [3.05, 3.63) is 0 Å². The monoisotopic (exact) mass is 167 g/mol. The van der Waals surface area contributed by atoms with Gasteiger partial charge in [0.15, 0.2) is 0 Å². The Morgan fingerprint density at radius 3 is 2.25 bits per heavy atom. The highest BCUT2D eigenvalue weighted by Crippen LogP contribution is 2.29. The number of hydrogen-bond donors (Lipinski definition) is 0. The Balaban J connectivity index is 3.65. The second-order valence-electron chi connectivity index (χ2n) is 4.75. The van der Waals surface area contributed by atoms with Gasteiger partial charge in [-0.2, -0.15) is 5.26 Å². The van der Waals surface area contributed by atoms with Crippen molar-refractivity contribution in [1.82, 2.24) is 0 Å². The van der Waals surface area contributed by atoms with Crippen LogP contribution >= 0.6 is 0 Å². The smallest absolute Gasteiger partial charge is 0.0621 e. The third kappa shape index (κ3) is 6.22. The Hall–Kier alpha value is -0.510. The molecule has 0 N–H and O–H groups in total. The Morgan fingerprint density at radius 2 is 1.83 bits per heavy atom. The van der Waals surface area contributed by atoms with Crippen molar-refractivity contribution in [3.63, 3.8) is 0 Å². The van der Waals surface area contributed by atoms with Crippen molar-refractivity contribution in [2.24, 2.45) is 11.3 Å². The Labute approximate surface area is 76.8 Å². The summed E-state index contributed by atoms with van der Waals surface area (Å²) in [5, 5.41) is 8.46. The molecule has 0 bridgehead atoms. The van der Waals surface area contributed by atoms with Gasteiger partial charge in [0.25, 0.3) is 0 Å². The van der Waals surface area contributed by atoms with Crippen LogP contribution in [-0.4, -0.2) is 0 Å². The van der Waals surface area contributed by atoms with E-state index in [0.717, 1.165) is 12.3 Å². The summed E-state index contributed by atoms with van der Waals surface area (Å²) >= 11 is 0. The van der Waals surface area contributed by atoms with Crippen molar-refractivity contribution < 1.29 is 0 Å². The molecule has 0 aromatic heterocycles. The van der Waals surface area contributed by atoms with Crippen LogP contribution in [0.5, 0.6) is 0 Å². The van der Waals surface area contributed by atoms with Gasteiger partial charge in [0, 0.05) is 6.42 Å². The molecule has 0 radical (unpaired) electrons. The molecule has 0 heterocycles. The fourth-order valence-electron chi connectivity index (χ4n) is 1.20. The van der Waals surface area contributed by atoms with Gasteiger partial charge in [0.2, 0.25) is 0 Å². The van der Waals surface area contributed by atoms with E-state index in [-0.39, 0.29) is 0 Å². The first kappa shape index (κ1) is 11.5. The molecule has 0 fully saturated rings. The lowest BCUT2D eigenvalue weighted by atomic mass is 9.81. The SMILES string of the molecule is CC(C)CCC(C)(C)CCC#N. The molecule has 0 saturated heterocycles. The molecular formula is C11H21N. The maximum absolute atomic E-state index is 8.46. The van der Waals surface area contributed by atoms with Gasteiger partial charge in [-0.1, -0.05) is 34.1 Å². The van der Waals surface area contributed by atoms with Gasteiger partial charge in [0.05, 0.1) is 6.07 Å². The molecule has 0 rings (SSSR count). The van der Waals surface area contributed by atoms with Gasteiger partial charge in [-0.05, 0) is 24.2 Å². The second kappa shape index (κ2) is 5.19. The number of rotatable bonds is 5. The molecule has 0 spiro atoms. The molecule has 0 amide bonds. The summed E-state index contributed by atoms with van der Waals surface area (Å²) in [6.07, 6.45) is 4.26. The van der Waals surface area contributed by atoms with Crippen molar-refractivity contribution in [1.29, 1.82) is 5.26 Å². The fraction of sp³-hybridized carbons (Fsp3) is 0.909. The van der Waals surface area contributed by atoms with Gasteiger partial charge >= 0.3 is 0 Å². The topological polar surface area (TPSA) is 23.8 Å². The highest BCUT2D eigenvalue weighted by atomic mass is 14.3. The summed E-state index contributed by atoms with van der Waals surface area (Å²) < 4.78 is 0. The molecule has 0 atom stereocenters. The van der Waals surface area contributed by atoms with Crippen LogP contribution in [0.1, 0.15) is 53.4 Å². The van der Waals surface area contributed by atoms with Gasteiger partial charge in [-0.15, -0.1) is 0 Å². The van der Waals surface area contributed by atoms with E-state index >= 15 is 0 Å². The van der Waals surface area contributed by atoms with E-state index in [1.807, 2.05) is 0 Å². The van der Waals surface area contributed by atoms with E-state index in [0.29, 0.717) is 11.8 Å². The first-order chi connectivity index (χ1) is 5.48. The van der Waals surface area contributed by atoms with E-state index in [2.05, 4.69) is 33.8 Å². The zero-order valence-corrected chi connectivity index (χ0v) is 8.85. The highest BCUT2D eigenvalue weighted by Gasteiger charge is 2.17. The number of hydrogen-bond acceptors (Lipinski definition) is 1. The molecule has 0 saturated carbocycles. The Morgan fingerprint density at radius 1 is 1.25 bits per heavy atom. The van der Waals surface area contributed by atoms with Crippen molar-refractivity contribution in [2.45, 2.75) is 53.4 Å². The zero-order chi connectivity index (χ0) is 9.61. The Kier molecular flexibility index (Phi) is 4.97. The maximum atomic E-state index is 8.46. The average molecular weight is 167 g/mol. The first-order valence-electron chi connectivity index (χ1n) is 4.85. The quantitative estimate of drug-likeness (QED) is 0.611. The molecule has 12 heavy (non-hydrogen) atoms. The van der Waals surface area contributed by atoms with Crippen LogP contribution in [0.2, 0.25) is 0 Å². The van der Waals surface area contributed by atoms with Crippen LogP contribution < -0.4 is 0 Å². The van der Waals surface area contributed by atoms with E-state index in [1.165, 1.54) is 12.8 Å². The summed E-state index contributed by atoms with van der Waals surface area (Å²) in [5.41, 5.74) is 0.361. The second-order valence-corrected chi connectivity index (χ2v) is 4.75. The summed E-state index contributed by atoms with van der Waals surface area (Å²) in [5.74, 6) is 0.784. The standard InChI is InChI=1S/C11H21N/c1-10(2)6-8-11(3,4)7-5-9-12/h10H,5-8H2,1-4H3. The predicted octanol–water partition coefficient (Wildman–Crippen LogP) is 3.75. The van der Waals surface area contributed by atoms with Gasteiger partial charge < -0.3 is 0 Å². The number of nitriles is 1. The first-order valence-corrected chi connectivity index (χ1v) is 4.85. The van der Waals surface area contributed by atoms with Crippen LogP contribution in [0.15, 0.2) is 0 Å². The molecular weight excluding hydrogens is 146 g/mol. The van der Waals surface area contributed by atoms with Crippen molar-refractivity contribution >= 4 is 0 Å². The van der Waals surface area contributed by atoms with Crippen molar-refractivity contribution in [2.75, 3.05) is 0 Å². The minimum absolute atomic E-state index is 0.361. The summed E-state index contributed by atoms with van der Waals surface area (Å²) in [7, 11) is 0. The van der Waals surface area contributed by atoms with Crippen LogP contribution in [0.4, 0.5) is 0 Å². The molecule has 0 aromatic carbocycles. The van der Waals surface area contributed by atoms with E-state index in [4.69, 9.17) is 5.26 Å². The lowest BCUT2D eigenvalue weighted by molar-refractivity contribution is 0.285. The summed E-state index contributed by atoms with van der Waals surface area (Å²) in [4.78, 5) is 0. The lowest BCUT2D eigenvalue weighted by Crippen LogP contribution is -2.11. The van der Waals surface area contributed by atoms with Gasteiger partial charge in [0.1, 0.15) is 0 Å². The third-order valence-corrected chi connectivity index (χ3v) is 2.31. The Bertz CT molecular complexity index is 151. The molecule has 0 aliphatic heterocycles. The van der Waals surface area contributed by atoms with Gasteiger partial charge in [-0.25, -0.2) is 0 Å². The van der Waals surface area contributed by atoms with E-state index in [9.17, 15) is 0 Å². The minimum atomic E-state index is 0.361. The zero-order valence-electron chi connectivity index (χ0n) is 8.85. The van der Waals surface area contributed by atoms with Crippen LogP contribution in [0, 0.1) is 22.7 Å². The molecule has 0 aliphatic carbocycles. The third-order valence-electron chi connectivity index (χ3n) is 2.31. The summed E-state index contributed by atoms with van der Waals surface area (Å²) in [6, 6.07) is 2.21. The molecule has 70 valence electrons. The van der Waals surface area contributed by atoms with Crippen LogP contribution in [0.3, 0.4) is 0 Å². The normalized spacial score (nSPS) is 11.7. The predicted molar refractivity (Wildman–Crippen MR) is 52.7 cm³/mol. The largest absolute Gasteiger partial charge is 0.198 e. The van der Waals surface area contributed by atoms with E-state index in [1.54, 1.807) is 0 Å². The van der Waals surface area contributed by atoms with E-state index < -0.39 is 0 Å². The fourth-order valence-corrected chi connectivity index (χ4v) is 1.20. The molecule has 1 nitrogen and oxygen atoms in total. The summed E-state index contributed by atoms with van der Waals surface area (Å²) in [6.45, 7) is 9.01. The van der Waals surface area contributed by atoms with Crippen molar-refractivity contribution in [3.8, 4) is 6.07 Å². The number of nitrogens with zero attached hydrogens (tertiary/aromatic N) is 1. The average Bonchev–Trinajstić information content (AvgIpc) is 1.98. The minimum Gasteiger partial charge on any atom is -0.198 e. The molecule has 0 unspecified atom stereocenters. The molecule has 0 aromatic rings. The molecule has 1 heteroatoms. The molecule has 0 aliphatic rings. The highest BCUT2D eigenvalue weighted by molar-refractivity contribution is 4.77. The van der Waals surface area contributed by atoms with Gasteiger partial charge in [-0.3, -0.25) is 0 Å². The lowest BCUT2D eigenvalue weighted by Gasteiger charge is -2.24. The maximum Gasteiger partial charge on any atom is 0.0621 e.